The molecule has 0 aliphatic carbocycles. The molecule has 0 atom stereocenters. The lowest BCUT2D eigenvalue weighted by Crippen LogP contribution is -2.24. The number of H-pyrrole nitrogens is 1. The third-order valence-corrected chi connectivity index (χ3v) is 2.51. The van der Waals surface area contributed by atoms with Crippen molar-refractivity contribution in [2.24, 2.45) is 0 Å². The maximum Gasteiger partial charge on any atom is 0.259 e. The average Bonchev–Trinajstić information content (AvgIpc) is 2.29. The smallest absolute Gasteiger partial charge is 0.259 e. The van der Waals surface area contributed by atoms with Crippen LogP contribution in [0.4, 0.5) is 0 Å². The van der Waals surface area contributed by atoms with Gasteiger partial charge >= 0.3 is 0 Å². The van der Waals surface area contributed by atoms with Gasteiger partial charge < -0.3 is 4.98 Å². The highest BCUT2D eigenvalue weighted by Gasteiger charge is 2.08. The van der Waals surface area contributed by atoms with Crippen molar-refractivity contribution in [1.82, 2.24) is 14.5 Å². The Morgan fingerprint density at radius 1 is 1.35 bits per heavy atom. The van der Waals surface area contributed by atoms with E-state index in [0.717, 1.165) is 0 Å². The van der Waals surface area contributed by atoms with Crippen molar-refractivity contribution in [3.63, 3.8) is 0 Å². The summed E-state index contributed by atoms with van der Waals surface area (Å²) in [6.45, 7) is 3.90. The molecule has 0 unspecified atom stereocenters. The number of hydrogen-bond acceptors (Lipinski definition) is 3. The molecule has 0 spiro atoms. The summed E-state index contributed by atoms with van der Waals surface area (Å²) >= 11 is 0. The predicted molar refractivity (Wildman–Crippen MR) is 64.5 cm³/mol. The molecular weight excluding hydrogens is 218 g/mol. The Balaban J connectivity index is 2.65. The minimum Gasteiger partial charge on any atom is -0.313 e. The number of nitrogens with zero attached hydrogens (tertiary/aromatic N) is 2. The maximum absolute atomic E-state index is 12.1. The van der Waals surface area contributed by atoms with E-state index in [0.29, 0.717) is 11.4 Å². The van der Waals surface area contributed by atoms with Crippen LogP contribution >= 0.6 is 0 Å². The van der Waals surface area contributed by atoms with Crippen molar-refractivity contribution in [1.29, 1.82) is 0 Å². The molecule has 0 aliphatic rings. The Kier molecular flexibility index (Phi) is 2.91. The lowest BCUT2D eigenvalue weighted by molar-refractivity contribution is 0.809. The molecule has 5 heteroatoms. The van der Waals surface area contributed by atoms with Gasteiger partial charge in [-0.2, -0.15) is 0 Å². The summed E-state index contributed by atoms with van der Waals surface area (Å²) in [6, 6.07) is 4.86. The van der Waals surface area contributed by atoms with Crippen LogP contribution in [0.1, 0.15) is 25.3 Å². The van der Waals surface area contributed by atoms with Crippen LogP contribution in [0.3, 0.4) is 0 Å². The van der Waals surface area contributed by atoms with Gasteiger partial charge in [0.2, 0.25) is 0 Å². The first-order valence-electron chi connectivity index (χ1n) is 5.36. The van der Waals surface area contributed by atoms with E-state index < -0.39 is 0 Å². The number of aromatic nitrogens is 3. The maximum atomic E-state index is 12.1. The van der Waals surface area contributed by atoms with Gasteiger partial charge in [-0.1, -0.05) is 19.9 Å². The second kappa shape index (κ2) is 4.37. The van der Waals surface area contributed by atoms with Crippen molar-refractivity contribution in [3.05, 3.63) is 57.0 Å². The summed E-state index contributed by atoms with van der Waals surface area (Å²) in [7, 11) is 0. The predicted octanol–water partition coefficient (Wildman–Crippen LogP) is 1.04. The van der Waals surface area contributed by atoms with Gasteiger partial charge in [-0.05, 0) is 12.0 Å². The zero-order chi connectivity index (χ0) is 12.4. The van der Waals surface area contributed by atoms with Crippen molar-refractivity contribution in [2.75, 3.05) is 0 Å². The Bertz CT molecular complexity index is 640. The van der Waals surface area contributed by atoms with Crippen LogP contribution < -0.4 is 11.1 Å². The average molecular weight is 231 g/mol. The van der Waals surface area contributed by atoms with E-state index in [1.165, 1.54) is 17.0 Å². The molecule has 17 heavy (non-hydrogen) atoms. The van der Waals surface area contributed by atoms with E-state index in [1.54, 1.807) is 18.3 Å². The molecule has 0 saturated carbocycles. The van der Waals surface area contributed by atoms with Gasteiger partial charge in [0.05, 0.1) is 6.33 Å². The molecule has 2 rings (SSSR count). The van der Waals surface area contributed by atoms with Crippen LogP contribution in [-0.2, 0) is 0 Å². The first-order valence-corrected chi connectivity index (χ1v) is 5.36. The first kappa shape index (κ1) is 11.3. The normalized spacial score (nSPS) is 10.8. The fourth-order valence-electron chi connectivity index (χ4n) is 1.62. The lowest BCUT2D eigenvalue weighted by Gasteiger charge is -2.08. The summed E-state index contributed by atoms with van der Waals surface area (Å²) in [5.74, 6) is 0.471. The zero-order valence-corrected chi connectivity index (χ0v) is 9.68. The topological polar surface area (TPSA) is 67.8 Å². The number of rotatable bonds is 2. The summed E-state index contributed by atoms with van der Waals surface area (Å²) in [6.07, 6.45) is 2.89. The van der Waals surface area contributed by atoms with Crippen LogP contribution in [0.25, 0.3) is 5.82 Å². The highest BCUT2D eigenvalue weighted by molar-refractivity contribution is 5.24. The third-order valence-electron chi connectivity index (χ3n) is 2.51. The van der Waals surface area contributed by atoms with E-state index >= 15 is 0 Å². The number of pyridine rings is 1. The Hall–Kier alpha value is -2.17. The molecule has 0 amide bonds. The molecule has 2 aromatic rings. The number of aromatic amines is 1. The largest absolute Gasteiger partial charge is 0.313 e. The van der Waals surface area contributed by atoms with Crippen molar-refractivity contribution < 1.29 is 0 Å². The highest BCUT2D eigenvalue weighted by atomic mass is 16.1. The van der Waals surface area contributed by atoms with Crippen molar-refractivity contribution >= 4 is 0 Å². The van der Waals surface area contributed by atoms with E-state index in [4.69, 9.17) is 0 Å². The molecular formula is C12H13N3O2. The zero-order valence-electron chi connectivity index (χ0n) is 9.68. The summed E-state index contributed by atoms with van der Waals surface area (Å²) in [4.78, 5) is 29.7. The molecule has 88 valence electrons. The second-order valence-electron chi connectivity index (χ2n) is 4.06. The minimum absolute atomic E-state index is 0.136. The van der Waals surface area contributed by atoms with E-state index in [1.807, 2.05) is 13.8 Å². The van der Waals surface area contributed by atoms with Gasteiger partial charge in [-0.3, -0.25) is 14.2 Å². The fourth-order valence-corrected chi connectivity index (χ4v) is 1.62. The van der Waals surface area contributed by atoms with Crippen LogP contribution in [0, 0.1) is 0 Å². The molecule has 0 saturated heterocycles. The molecule has 1 N–H and O–H groups in total. The fraction of sp³-hybridized carbons (Fsp3) is 0.250. The third kappa shape index (κ3) is 2.18. The minimum atomic E-state index is -0.281. The summed E-state index contributed by atoms with van der Waals surface area (Å²) in [5, 5.41) is 0. The van der Waals surface area contributed by atoms with Crippen LogP contribution in [0.15, 0.2) is 40.3 Å². The molecule has 0 radical (unpaired) electrons. The first-order chi connectivity index (χ1) is 8.09. The quantitative estimate of drug-likeness (QED) is 0.839. The molecule has 2 heterocycles. The molecule has 5 nitrogen and oxygen atoms in total. The van der Waals surface area contributed by atoms with Crippen LogP contribution in [-0.4, -0.2) is 14.5 Å². The van der Waals surface area contributed by atoms with Crippen LogP contribution in [0.5, 0.6) is 0 Å². The van der Waals surface area contributed by atoms with Gasteiger partial charge in [0.25, 0.3) is 11.1 Å². The summed E-state index contributed by atoms with van der Waals surface area (Å²) in [5.41, 5.74) is 0.284. The van der Waals surface area contributed by atoms with Gasteiger partial charge in [-0.25, -0.2) is 4.98 Å². The molecule has 2 aromatic heterocycles. The van der Waals surface area contributed by atoms with Gasteiger partial charge in [0, 0.05) is 17.8 Å². The van der Waals surface area contributed by atoms with Crippen LogP contribution in [0.2, 0.25) is 0 Å². The number of hydrogen-bond donors (Lipinski definition) is 1. The van der Waals surface area contributed by atoms with Gasteiger partial charge in [-0.15, -0.1) is 0 Å². The van der Waals surface area contributed by atoms with Gasteiger partial charge in [0.1, 0.15) is 5.82 Å². The lowest BCUT2D eigenvalue weighted by atomic mass is 10.1. The van der Waals surface area contributed by atoms with E-state index in [-0.39, 0.29) is 17.0 Å². The number of nitrogens with one attached hydrogen (secondary N) is 1. The SMILES string of the molecule is CC(C)c1cccn(-c2cc(=O)[nH]cn2)c1=O. The van der Waals surface area contributed by atoms with Gasteiger partial charge in [0.15, 0.2) is 0 Å². The van der Waals surface area contributed by atoms with Crippen molar-refractivity contribution in [3.8, 4) is 5.82 Å². The van der Waals surface area contributed by atoms with E-state index in [9.17, 15) is 9.59 Å². The molecule has 0 aliphatic heterocycles. The standard InChI is InChI=1S/C12H13N3O2/c1-8(2)9-4-3-5-15(12(9)17)10-6-11(16)14-7-13-10/h3-8H,1-2H3,(H,13,14,16). The summed E-state index contributed by atoms with van der Waals surface area (Å²) < 4.78 is 1.38. The Labute approximate surface area is 97.8 Å². The molecule has 0 aromatic carbocycles. The molecule has 0 bridgehead atoms. The Morgan fingerprint density at radius 2 is 2.12 bits per heavy atom. The Morgan fingerprint density at radius 3 is 2.76 bits per heavy atom. The van der Waals surface area contributed by atoms with Crippen molar-refractivity contribution in [2.45, 2.75) is 19.8 Å². The second-order valence-corrected chi connectivity index (χ2v) is 4.06. The monoisotopic (exact) mass is 231 g/mol. The highest BCUT2D eigenvalue weighted by Crippen LogP contribution is 2.09. The molecule has 0 fully saturated rings. The van der Waals surface area contributed by atoms with E-state index in [2.05, 4.69) is 9.97 Å².